The highest BCUT2D eigenvalue weighted by Gasteiger charge is 2.20. The predicted octanol–water partition coefficient (Wildman–Crippen LogP) is 0.834. The topological polar surface area (TPSA) is 117 Å². The van der Waals surface area contributed by atoms with Crippen LogP contribution in [0.2, 0.25) is 0 Å². The van der Waals surface area contributed by atoms with Crippen LogP contribution in [0.5, 0.6) is 0 Å². The Morgan fingerprint density at radius 3 is 1.35 bits per heavy atom. The molecule has 0 aromatic carbocycles. The van der Waals surface area contributed by atoms with Crippen molar-refractivity contribution in [1.29, 1.82) is 0 Å². The maximum absolute atomic E-state index is 12.0. The summed E-state index contributed by atoms with van der Waals surface area (Å²) in [7, 11) is 4.15. The third-order valence-corrected chi connectivity index (χ3v) is 6.40. The number of likely N-dealkylation sites (tertiary alicyclic amines) is 2. The molecule has 0 unspecified atom stereocenters. The molecule has 0 bridgehead atoms. The molecular weight excluding hydrogens is 440 g/mol. The van der Waals surface area contributed by atoms with E-state index in [9.17, 15) is 19.2 Å². The molecule has 0 spiro atoms. The smallest absolute Gasteiger partial charge is 0.417 e. The number of esters is 2. The molecule has 0 aliphatic carbocycles. The molecule has 2 saturated heterocycles. The molecule has 2 aliphatic rings. The van der Waals surface area contributed by atoms with Crippen molar-refractivity contribution in [2.24, 2.45) is 0 Å². The number of piperidine rings is 2. The van der Waals surface area contributed by atoms with Gasteiger partial charge in [-0.2, -0.15) is 0 Å². The SMILES string of the molecule is CN1CCC(NC(=O)CCCCOC(=O)C(=O)OCCCCC(=O)NC2CCN(C)CC2)CC1. The van der Waals surface area contributed by atoms with Crippen molar-refractivity contribution in [3.63, 3.8) is 0 Å². The Labute approximate surface area is 203 Å². The Kier molecular flexibility index (Phi) is 12.9. The number of nitrogens with one attached hydrogen (secondary N) is 2. The van der Waals surface area contributed by atoms with Gasteiger partial charge in [-0.25, -0.2) is 9.59 Å². The largest absolute Gasteiger partial charge is 0.457 e. The van der Waals surface area contributed by atoms with E-state index in [1.54, 1.807) is 0 Å². The van der Waals surface area contributed by atoms with Crippen LogP contribution in [0.4, 0.5) is 0 Å². The molecule has 0 aromatic rings. The first-order valence-corrected chi connectivity index (χ1v) is 12.6. The zero-order valence-corrected chi connectivity index (χ0v) is 20.8. The molecule has 2 rings (SSSR count). The van der Waals surface area contributed by atoms with Crippen molar-refractivity contribution in [3.05, 3.63) is 0 Å². The second kappa shape index (κ2) is 15.7. The maximum atomic E-state index is 12.0. The van der Waals surface area contributed by atoms with E-state index >= 15 is 0 Å². The van der Waals surface area contributed by atoms with Crippen LogP contribution in [0, 0.1) is 0 Å². The molecule has 34 heavy (non-hydrogen) atoms. The van der Waals surface area contributed by atoms with E-state index in [2.05, 4.69) is 34.5 Å². The average molecular weight is 483 g/mol. The molecule has 2 amide bonds. The van der Waals surface area contributed by atoms with Gasteiger partial charge in [0.05, 0.1) is 13.2 Å². The number of carbonyl (C=O) groups excluding carboxylic acids is 4. The number of amides is 2. The molecule has 0 saturated carbocycles. The van der Waals surface area contributed by atoms with Gasteiger partial charge < -0.3 is 29.9 Å². The third kappa shape index (κ3) is 11.8. The van der Waals surface area contributed by atoms with Gasteiger partial charge in [0.25, 0.3) is 0 Å². The fraction of sp³-hybridized carbons (Fsp3) is 0.833. The Balaban J connectivity index is 1.41. The first kappa shape index (κ1) is 28.0. The molecule has 0 aromatic heterocycles. The highest BCUT2D eigenvalue weighted by Crippen LogP contribution is 2.10. The lowest BCUT2D eigenvalue weighted by Crippen LogP contribution is -2.43. The number of nitrogens with zero attached hydrogens (tertiary/aromatic N) is 2. The molecule has 2 aliphatic heterocycles. The fourth-order valence-electron chi connectivity index (χ4n) is 4.13. The zero-order valence-electron chi connectivity index (χ0n) is 20.8. The molecular formula is C24H42N4O6. The molecule has 0 radical (unpaired) electrons. The lowest BCUT2D eigenvalue weighted by Gasteiger charge is -2.29. The molecule has 2 N–H and O–H groups in total. The van der Waals surface area contributed by atoms with Gasteiger partial charge in [-0.3, -0.25) is 9.59 Å². The predicted molar refractivity (Wildman–Crippen MR) is 127 cm³/mol. The fourth-order valence-corrected chi connectivity index (χ4v) is 4.13. The number of hydrogen-bond acceptors (Lipinski definition) is 8. The van der Waals surface area contributed by atoms with Crippen molar-refractivity contribution in [3.8, 4) is 0 Å². The summed E-state index contributed by atoms with van der Waals surface area (Å²) in [5.41, 5.74) is 0. The van der Waals surface area contributed by atoms with Gasteiger partial charge >= 0.3 is 11.9 Å². The molecule has 0 atom stereocenters. The lowest BCUT2D eigenvalue weighted by molar-refractivity contribution is -0.167. The zero-order chi connectivity index (χ0) is 24.8. The third-order valence-electron chi connectivity index (χ3n) is 6.40. The quantitative estimate of drug-likeness (QED) is 0.239. The molecule has 10 nitrogen and oxygen atoms in total. The Bertz CT molecular complexity index is 602. The number of carbonyl (C=O) groups is 4. The minimum atomic E-state index is -1.02. The van der Waals surface area contributed by atoms with Crippen LogP contribution in [0.25, 0.3) is 0 Å². The molecule has 2 heterocycles. The second-order valence-corrected chi connectivity index (χ2v) is 9.48. The van der Waals surface area contributed by atoms with Crippen LogP contribution in [-0.2, 0) is 28.7 Å². The van der Waals surface area contributed by atoms with Crippen LogP contribution in [-0.4, -0.2) is 99.1 Å². The Hall–Kier alpha value is -2.20. The van der Waals surface area contributed by atoms with Gasteiger partial charge in [-0.05, 0) is 91.6 Å². The van der Waals surface area contributed by atoms with Crippen LogP contribution < -0.4 is 10.6 Å². The summed E-state index contributed by atoms with van der Waals surface area (Å²) in [5, 5.41) is 6.09. The Morgan fingerprint density at radius 2 is 1.00 bits per heavy atom. The molecule has 194 valence electrons. The van der Waals surface area contributed by atoms with Crippen molar-refractivity contribution in [2.75, 3.05) is 53.5 Å². The van der Waals surface area contributed by atoms with Gasteiger partial charge in [0.1, 0.15) is 0 Å². The van der Waals surface area contributed by atoms with E-state index in [0.717, 1.165) is 51.9 Å². The number of unbranched alkanes of at least 4 members (excludes halogenated alkanes) is 2. The van der Waals surface area contributed by atoms with Gasteiger partial charge in [-0.1, -0.05) is 0 Å². The van der Waals surface area contributed by atoms with E-state index in [1.165, 1.54) is 0 Å². The van der Waals surface area contributed by atoms with Gasteiger partial charge in [-0.15, -0.1) is 0 Å². The summed E-state index contributed by atoms with van der Waals surface area (Å²) in [5.74, 6) is -2.01. The van der Waals surface area contributed by atoms with Crippen LogP contribution in [0.3, 0.4) is 0 Å². The summed E-state index contributed by atoms with van der Waals surface area (Å²) in [6.07, 6.45) is 6.79. The summed E-state index contributed by atoms with van der Waals surface area (Å²) >= 11 is 0. The highest BCUT2D eigenvalue weighted by atomic mass is 16.6. The van der Waals surface area contributed by atoms with Crippen molar-refractivity contribution in [2.45, 2.75) is 76.3 Å². The minimum Gasteiger partial charge on any atom is -0.457 e. The van der Waals surface area contributed by atoms with E-state index in [-0.39, 0.29) is 37.1 Å². The number of hydrogen-bond donors (Lipinski definition) is 2. The van der Waals surface area contributed by atoms with E-state index < -0.39 is 11.9 Å². The summed E-state index contributed by atoms with van der Waals surface area (Å²) < 4.78 is 9.83. The van der Waals surface area contributed by atoms with Gasteiger partial charge in [0, 0.05) is 24.9 Å². The van der Waals surface area contributed by atoms with Crippen LogP contribution in [0.15, 0.2) is 0 Å². The van der Waals surface area contributed by atoms with Crippen molar-refractivity contribution < 1.29 is 28.7 Å². The van der Waals surface area contributed by atoms with Gasteiger partial charge in [0.2, 0.25) is 11.8 Å². The average Bonchev–Trinajstić information content (AvgIpc) is 2.81. The second-order valence-electron chi connectivity index (χ2n) is 9.48. The molecule has 10 heteroatoms. The first-order chi connectivity index (χ1) is 16.3. The summed E-state index contributed by atoms with van der Waals surface area (Å²) in [4.78, 5) is 51.9. The number of rotatable bonds is 12. The summed E-state index contributed by atoms with van der Waals surface area (Å²) in [6.45, 7) is 4.12. The monoisotopic (exact) mass is 482 g/mol. The standard InChI is InChI=1S/C24H42N4O6/c1-27-13-9-19(10-14-27)25-21(29)7-3-5-17-33-23(31)24(32)34-18-6-4-8-22(30)26-20-11-15-28(2)16-12-20/h19-20H,3-18H2,1-2H3,(H,25,29)(H,26,30). The van der Waals surface area contributed by atoms with E-state index in [1.807, 2.05) is 0 Å². The van der Waals surface area contributed by atoms with Crippen LogP contribution >= 0.6 is 0 Å². The van der Waals surface area contributed by atoms with Gasteiger partial charge in [0.15, 0.2) is 0 Å². The minimum absolute atomic E-state index is 0.0142. The highest BCUT2D eigenvalue weighted by molar-refractivity contribution is 6.29. The summed E-state index contributed by atoms with van der Waals surface area (Å²) in [6, 6.07) is 0.481. The molecule has 2 fully saturated rings. The van der Waals surface area contributed by atoms with E-state index in [0.29, 0.717) is 38.5 Å². The van der Waals surface area contributed by atoms with Crippen molar-refractivity contribution >= 4 is 23.8 Å². The lowest BCUT2D eigenvalue weighted by atomic mass is 10.1. The normalized spacial score (nSPS) is 18.3. The van der Waals surface area contributed by atoms with Crippen molar-refractivity contribution in [1.82, 2.24) is 20.4 Å². The Morgan fingerprint density at radius 1 is 0.647 bits per heavy atom. The first-order valence-electron chi connectivity index (χ1n) is 12.6. The maximum Gasteiger partial charge on any atom is 0.417 e. The van der Waals surface area contributed by atoms with E-state index in [4.69, 9.17) is 9.47 Å². The van der Waals surface area contributed by atoms with Crippen LogP contribution in [0.1, 0.15) is 64.2 Å². The number of ether oxygens (including phenoxy) is 2.